The Kier molecular flexibility index (Phi) is 3.21. The quantitative estimate of drug-likeness (QED) is 0.764. The monoisotopic (exact) mass is 243 g/mol. The maximum absolute atomic E-state index is 10.9. The van der Waals surface area contributed by atoms with E-state index < -0.39 is 5.97 Å². The van der Waals surface area contributed by atoms with Gasteiger partial charge in [0.2, 0.25) is 5.28 Å². The third-order valence-electron chi connectivity index (χ3n) is 2.25. The lowest BCUT2D eigenvalue weighted by Gasteiger charge is -2.26. The summed E-state index contributed by atoms with van der Waals surface area (Å²) in [7, 11) is 0. The average Bonchev–Trinajstić information content (AvgIpc) is 2.17. The number of aromatic carboxylic acids is 1. The highest BCUT2D eigenvalue weighted by atomic mass is 35.5. The molecular formula is C9H10ClN3O3. The van der Waals surface area contributed by atoms with Crippen LogP contribution in [-0.2, 0) is 4.74 Å². The molecule has 0 atom stereocenters. The van der Waals surface area contributed by atoms with Gasteiger partial charge in [0.05, 0.1) is 25.1 Å². The van der Waals surface area contributed by atoms with Crippen LogP contribution >= 0.6 is 11.6 Å². The molecule has 2 N–H and O–H groups in total. The molecule has 1 aliphatic rings. The highest BCUT2D eigenvalue weighted by Crippen LogP contribution is 2.16. The van der Waals surface area contributed by atoms with Crippen LogP contribution in [0.1, 0.15) is 10.5 Å². The average molecular weight is 244 g/mol. The summed E-state index contributed by atoms with van der Waals surface area (Å²) in [4.78, 5) is 18.3. The Balaban J connectivity index is 2.08. The van der Waals surface area contributed by atoms with E-state index in [1.165, 1.54) is 6.20 Å². The van der Waals surface area contributed by atoms with Crippen molar-refractivity contribution >= 4 is 23.3 Å². The molecule has 1 aromatic heterocycles. The Morgan fingerprint density at radius 3 is 3.00 bits per heavy atom. The maximum Gasteiger partial charge on any atom is 0.356 e. The Morgan fingerprint density at radius 1 is 1.69 bits per heavy atom. The zero-order valence-corrected chi connectivity index (χ0v) is 9.07. The number of anilines is 1. The van der Waals surface area contributed by atoms with Crippen molar-refractivity contribution in [2.45, 2.75) is 0 Å². The van der Waals surface area contributed by atoms with E-state index in [9.17, 15) is 4.79 Å². The first kappa shape index (κ1) is 11.1. The molecule has 16 heavy (non-hydrogen) atoms. The van der Waals surface area contributed by atoms with Gasteiger partial charge >= 0.3 is 5.97 Å². The van der Waals surface area contributed by atoms with Crippen molar-refractivity contribution in [2.24, 2.45) is 5.92 Å². The molecule has 1 saturated heterocycles. The highest BCUT2D eigenvalue weighted by Gasteiger charge is 2.20. The minimum atomic E-state index is -1.13. The Hall–Kier alpha value is -1.40. The van der Waals surface area contributed by atoms with Crippen LogP contribution in [0, 0.1) is 5.92 Å². The van der Waals surface area contributed by atoms with Gasteiger partial charge in [-0.25, -0.2) is 14.8 Å². The summed E-state index contributed by atoms with van der Waals surface area (Å²) in [5.74, 6) is -0.714. The number of hydrogen-bond acceptors (Lipinski definition) is 5. The second kappa shape index (κ2) is 4.63. The fourth-order valence-corrected chi connectivity index (χ4v) is 1.44. The van der Waals surface area contributed by atoms with Crippen LogP contribution < -0.4 is 5.32 Å². The van der Waals surface area contributed by atoms with Gasteiger partial charge in [0.1, 0.15) is 0 Å². The van der Waals surface area contributed by atoms with Crippen molar-refractivity contribution in [2.75, 3.05) is 25.1 Å². The molecule has 1 aliphatic heterocycles. The summed E-state index contributed by atoms with van der Waals surface area (Å²) in [6, 6.07) is 0. The number of nitrogens with one attached hydrogen (secondary N) is 1. The van der Waals surface area contributed by atoms with Gasteiger partial charge in [0.15, 0.2) is 5.69 Å². The largest absolute Gasteiger partial charge is 0.476 e. The predicted molar refractivity (Wildman–Crippen MR) is 56.8 cm³/mol. The summed E-state index contributed by atoms with van der Waals surface area (Å²) >= 11 is 5.53. The molecule has 6 nitrogen and oxygen atoms in total. The number of carboxylic acid groups (broad SMARTS) is 1. The number of ether oxygens (including phenoxy) is 1. The van der Waals surface area contributed by atoms with E-state index in [0.29, 0.717) is 31.4 Å². The molecule has 0 unspecified atom stereocenters. The molecule has 0 aromatic carbocycles. The second-order valence-corrected chi connectivity index (χ2v) is 3.83. The lowest BCUT2D eigenvalue weighted by atomic mass is 10.1. The minimum absolute atomic E-state index is 0.0741. The zero-order valence-electron chi connectivity index (χ0n) is 8.31. The van der Waals surface area contributed by atoms with Gasteiger partial charge in [-0.05, 0) is 11.6 Å². The molecule has 0 spiro atoms. The minimum Gasteiger partial charge on any atom is -0.476 e. The SMILES string of the molecule is O=C(O)c1nc(Cl)ncc1NCC1COC1. The fraction of sp³-hybridized carbons (Fsp3) is 0.444. The summed E-state index contributed by atoms with van der Waals surface area (Å²) in [6.07, 6.45) is 1.37. The van der Waals surface area contributed by atoms with E-state index in [1.54, 1.807) is 0 Å². The van der Waals surface area contributed by atoms with Crippen LogP contribution in [0.25, 0.3) is 0 Å². The number of hydrogen-bond donors (Lipinski definition) is 2. The van der Waals surface area contributed by atoms with Gasteiger partial charge in [0.25, 0.3) is 0 Å². The Morgan fingerprint density at radius 2 is 2.44 bits per heavy atom. The first-order chi connectivity index (χ1) is 7.66. The second-order valence-electron chi connectivity index (χ2n) is 3.49. The topological polar surface area (TPSA) is 84.3 Å². The molecule has 0 saturated carbocycles. The zero-order chi connectivity index (χ0) is 11.5. The van der Waals surface area contributed by atoms with Crippen molar-refractivity contribution in [1.29, 1.82) is 0 Å². The molecule has 86 valence electrons. The van der Waals surface area contributed by atoms with Crippen molar-refractivity contribution in [3.63, 3.8) is 0 Å². The van der Waals surface area contributed by atoms with Crippen LogP contribution in [0.4, 0.5) is 5.69 Å². The van der Waals surface area contributed by atoms with Gasteiger partial charge < -0.3 is 15.2 Å². The lowest BCUT2D eigenvalue weighted by molar-refractivity contribution is -0.0248. The van der Waals surface area contributed by atoms with Gasteiger partial charge in [-0.3, -0.25) is 0 Å². The van der Waals surface area contributed by atoms with Crippen LogP contribution in [-0.4, -0.2) is 40.8 Å². The van der Waals surface area contributed by atoms with E-state index in [1.807, 2.05) is 0 Å². The van der Waals surface area contributed by atoms with Crippen molar-refractivity contribution in [3.05, 3.63) is 17.2 Å². The molecule has 2 rings (SSSR count). The molecule has 0 bridgehead atoms. The Bertz CT molecular complexity index is 409. The Labute approximate surface area is 96.6 Å². The molecule has 0 amide bonds. The van der Waals surface area contributed by atoms with E-state index in [2.05, 4.69) is 15.3 Å². The summed E-state index contributed by atoms with van der Waals surface area (Å²) in [5, 5.41) is 11.8. The van der Waals surface area contributed by atoms with Gasteiger partial charge in [-0.15, -0.1) is 0 Å². The first-order valence-electron chi connectivity index (χ1n) is 4.74. The normalized spacial score (nSPS) is 15.6. The van der Waals surface area contributed by atoms with Crippen molar-refractivity contribution in [1.82, 2.24) is 9.97 Å². The molecular weight excluding hydrogens is 234 g/mol. The number of halogens is 1. The summed E-state index contributed by atoms with van der Waals surface area (Å²) < 4.78 is 5.01. The molecule has 7 heteroatoms. The van der Waals surface area contributed by atoms with Gasteiger partial charge in [-0.1, -0.05) is 0 Å². The van der Waals surface area contributed by atoms with E-state index in [4.69, 9.17) is 21.4 Å². The van der Waals surface area contributed by atoms with E-state index in [-0.39, 0.29) is 11.0 Å². The van der Waals surface area contributed by atoms with Gasteiger partial charge in [0, 0.05) is 12.5 Å². The van der Waals surface area contributed by atoms with Crippen LogP contribution in [0.5, 0.6) is 0 Å². The number of nitrogens with zero attached hydrogens (tertiary/aromatic N) is 2. The third kappa shape index (κ3) is 2.40. The molecule has 1 fully saturated rings. The summed E-state index contributed by atoms with van der Waals surface area (Å²) in [5.41, 5.74) is 0.268. The standard InChI is InChI=1S/C9H10ClN3O3/c10-9-12-2-6(7(13-9)8(14)15)11-1-5-3-16-4-5/h2,5,11H,1,3-4H2,(H,14,15). The number of carbonyl (C=O) groups is 1. The van der Waals surface area contributed by atoms with Crippen LogP contribution in [0.2, 0.25) is 5.28 Å². The molecule has 2 heterocycles. The van der Waals surface area contributed by atoms with E-state index >= 15 is 0 Å². The number of aromatic nitrogens is 2. The molecule has 0 aliphatic carbocycles. The van der Waals surface area contributed by atoms with Crippen LogP contribution in [0.15, 0.2) is 6.20 Å². The molecule has 1 aromatic rings. The molecule has 0 radical (unpaired) electrons. The van der Waals surface area contributed by atoms with Crippen LogP contribution in [0.3, 0.4) is 0 Å². The van der Waals surface area contributed by atoms with E-state index in [0.717, 1.165) is 0 Å². The maximum atomic E-state index is 10.9. The first-order valence-corrected chi connectivity index (χ1v) is 5.12. The number of carboxylic acids is 1. The third-order valence-corrected chi connectivity index (χ3v) is 2.43. The number of rotatable bonds is 4. The van der Waals surface area contributed by atoms with Crippen molar-refractivity contribution in [3.8, 4) is 0 Å². The summed E-state index contributed by atoms with van der Waals surface area (Å²) in [6.45, 7) is 2.04. The van der Waals surface area contributed by atoms with Crippen molar-refractivity contribution < 1.29 is 14.6 Å². The highest BCUT2D eigenvalue weighted by molar-refractivity contribution is 6.28. The predicted octanol–water partition coefficient (Wildman–Crippen LogP) is 0.886. The smallest absolute Gasteiger partial charge is 0.356 e. The lowest BCUT2D eigenvalue weighted by Crippen LogP contribution is -2.33. The fourth-order valence-electron chi connectivity index (χ4n) is 1.31. The van der Waals surface area contributed by atoms with Gasteiger partial charge in [-0.2, -0.15) is 0 Å².